The summed E-state index contributed by atoms with van der Waals surface area (Å²) >= 11 is 0. The van der Waals surface area contributed by atoms with Gasteiger partial charge in [0.1, 0.15) is 0 Å². The molecule has 19 heavy (non-hydrogen) atoms. The van der Waals surface area contributed by atoms with Crippen molar-refractivity contribution < 1.29 is 13.2 Å². The van der Waals surface area contributed by atoms with Crippen LogP contribution in [0.15, 0.2) is 29.2 Å². The SMILES string of the molecule is COCC(NS(=O)(=O)c1ccc(C#N)cc1)C(C)C. The van der Waals surface area contributed by atoms with E-state index in [0.717, 1.165) is 0 Å². The van der Waals surface area contributed by atoms with Gasteiger partial charge >= 0.3 is 0 Å². The molecule has 0 fully saturated rings. The van der Waals surface area contributed by atoms with Gasteiger partial charge in [-0.25, -0.2) is 13.1 Å². The average Bonchev–Trinajstić information content (AvgIpc) is 2.38. The van der Waals surface area contributed by atoms with Crippen LogP contribution in [0.1, 0.15) is 19.4 Å². The molecule has 0 aliphatic heterocycles. The molecule has 1 rings (SSSR count). The number of hydrogen-bond donors (Lipinski definition) is 1. The third-order valence-electron chi connectivity index (χ3n) is 2.75. The second-order valence-electron chi connectivity index (χ2n) is 4.56. The summed E-state index contributed by atoms with van der Waals surface area (Å²) in [6.45, 7) is 4.16. The van der Waals surface area contributed by atoms with Crippen molar-refractivity contribution in [3.05, 3.63) is 29.8 Å². The monoisotopic (exact) mass is 282 g/mol. The molecule has 104 valence electrons. The van der Waals surface area contributed by atoms with Crippen molar-refractivity contribution in [2.45, 2.75) is 24.8 Å². The molecule has 0 aliphatic rings. The van der Waals surface area contributed by atoms with Crippen molar-refractivity contribution in [3.63, 3.8) is 0 Å². The average molecular weight is 282 g/mol. The molecule has 0 aliphatic carbocycles. The Balaban J connectivity index is 2.93. The lowest BCUT2D eigenvalue weighted by atomic mass is 10.1. The number of methoxy groups -OCH3 is 1. The number of ether oxygens (including phenoxy) is 1. The number of nitriles is 1. The van der Waals surface area contributed by atoms with Crippen molar-refractivity contribution in [1.82, 2.24) is 4.72 Å². The Kier molecular flexibility index (Phi) is 5.48. The smallest absolute Gasteiger partial charge is 0.240 e. The van der Waals surface area contributed by atoms with Crippen molar-refractivity contribution in [2.24, 2.45) is 5.92 Å². The fraction of sp³-hybridized carbons (Fsp3) is 0.462. The van der Waals surface area contributed by atoms with Gasteiger partial charge in [-0.2, -0.15) is 5.26 Å². The molecular weight excluding hydrogens is 264 g/mol. The zero-order chi connectivity index (χ0) is 14.5. The van der Waals surface area contributed by atoms with E-state index in [9.17, 15) is 8.42 Å². The van der Waals surface area contributed by atoms with Crippen LogP contribution in [0.2, 0.25) is 0 Å². The van der Waals surface area contributed by atoms with Gasteiger partial charge in [0.05, 0.1) is 23.1 Å². The fourth-order valence-corrected chi connectivity index (χ4v) is 2.89. The zero-order valence-electron chi connectivity index (χ0n) is 11.3. The minimum absolute atomic E-state index is 0.119. The van der Waals surface area contributed by atoms with Gasteiger partial charge in [0, 0.05) is 13.2 Å². The minimum atomic E-state index is -3.59. The van der Waals surface area contributed by atoms with E-state index in [1.165, 1.54) is 31.4 Å². The van der Waals surface area contributed by atoms with Gasteiger partial charge in [0.2, 0.25) is 10.0 Å². The van der Waals surface area contributed by atoms with E-state index < -0.39 is 10.0 Å². The lowest BCUT2D eigenvalue weighted by Gasteiger charge is -2.21. The quantitative estimate of drug-likeness (QED) is 0.857. The second kappa shape index (κ2) is 6.66. The van der Waals surface area contributed by atoms with Crippen molar-refractivity contribution >= 4 is 10.0 Å². The normalized spacial score (nSPS) is 13.2. The maximum Gasteiger partial charge on any atom is 0.240 e. The molecule has 1 aromatic rings. The number of nitrogens with zero attached hydrogens (tertiary/aromatic N) is 1. The summed E-state index contributed by atoms with van der Waals surface area (Å²) in [5, 5.41) is 8.69. The van der Waals surface area contributed by atoms with Gasteiger partial charge in [0.15, 0.2) is 0 Å². The zero-order valence-corrected chi connectivity index (χ0v) is 12.1. The number of hydrogen-bond acceptors (Lipinski definition) is 4. The molecule has 0 aromatic heterocycles. The Morgan fingerprint density at radius 1 is 1.32 bits per heavy atom. The molecule has 1 N–H and O–H groups in total. The third kappa shape index (κ3) is 4.31. The van der Waals surface area contributed by atoms with Crippen LogP contribution in [-0.4, -0.2) is 28.2 Å². The van der Waals surface area contributed by atoms with Gasteiger partial charge in [-0.05, 0) is 30.2 Å². The van der Waals surface area contributed by atoms with E-state index >= 15 is 0 Å². The van der Waals surface area contributed by atoms with Gasteiger partial charge in [-0.1, -0.05) is 13.8 Å². The first kappa shape index (κ1) is 15.6. The highest BCUT2D eigenvalue weighted by atomic mass is 32.2. The Labute approximate surface area is 114 Å². The molecule has 0 spiro atoms. The molecule has 5 nitrogen and oxygen atoms in total. The highest BCUT2D eigenvalue weighted by Crippen LogP contribution is 2.13. The van der Waals surface area contributed by atoms with Gasteiger partial charge < -0.3 is 4.74 Å². The van der Waals surface area contributed by atoms with Gasteiger partial charge in [-0.3, -0.25) is 0 Å². The maximum atomic E-state index is 12.2. The Bertz CT molecular complexity index is 544. The van der Waals surface area contributed by atoms with E-state index in [1.807, 2.05) is 19.9 Å². The number of rotatable bonds is 6. The van der Waals surface area contributed by atoms with Crippen LogP contribution in [0.4, 0.5) is 0 Å². The second-order valence-corrected chi connectivity index (χ2v) is 6.28. The molecule has 1 unspecified atom stereocenters. The van der Waals surface area contributed by atoms with E-state index in [1.54, 1.807) is 0 Å². The lowest BCUT2D eigenvalue weighted by Crippen LogP contribution is -2.41. The standard InChI is InChI=1S/C13H18N2O3S/c1-10(2)13(9-18-3)15-19(16,17)12-6-4-11(8-14)5-7-12/h4-7,10,13,15H,9H2,1-3H3. The Morgan fingerprint density at radius 2 is 1.89 bits per heavy atom. The number of sulfonamides is 1. The van der Waals surface area contributed by atoms with Crippen molar-refractivity contribution in [2.75, 3.05) is 13.7 Å². The predicted octanol–water partition coefficient (Wildman–Crippen LogP) is 1.51. The van der Waals surface area contributed by atoms with Crippen LogP contribution in [0, 0.1) is 17.2 Å². The Hall–Kier alpha value is -1.42. The molecule has 1 aromatic carbocycles. The largest absolute Gasteiger partial charge is 0.383 e. The lowest BCUT2D eigenvalue weighted by molar-refractivity contribution is 0.157. The first-order chi connectivity index (χ1) is 8.90. The highest BCUT2D eigenvalue weighted by Gasteiger charge is 2.22. The summed E-state index contributed by atoms with van der Waals surface area (Å²) in [4.78, 5) is 0.147. The van der Waals surface area contributed by atoms with Crippen LogP contribution in [0.3, 0.4) is 0 Å². The minimum Gasteiger partial charge on any atom is -0.383 e. The molecule has 0 amide bonds. The maximum absolute atomic E-state index is 12.2. The van der Waals surface area contributed by atoms with E-state index in [2.05, 4.69) is 4.72 Å². The van der Waals surface area contributed by atoms with Crippen molar-refractivity contribution in [3.8, 4) is 6.07 Å². The van der Waals surface area contributed by atoms with Crippen LogP contribution in [-0.2, 0) is 14.8 Å². The molecular formula is C13H18N2O3S. The number of nitrogens with one attached hydrogen (secondary N) is 1. The molecule has 0 radical (unpaired) electrons. The van der Waals surface area contributed by atoms with Crippen LogP contribution < -0.4 is 4.72 Å². The summed E-state index contributed by atoms with van der Waals surface area (Å²) in [5.41, 5.74) is 0.427. The molecule has 0 bridgehead atoms. The molecule has 0 saturated carbocycles. The molecule has 0 saturated heterocycles. The first-order valence-electron chi connectivity index (χ1n) is 5.92. The summed E-state index contributed by atoms with van der Waals surface area (Å²) in [5.74, 6) is 0.119. The van der Waals surface area contributed by atoms with E-state index in [4.69, 9.17) is 10.00 Å². The summed E-state index contributed by atoms with van der Waals surface area (Å²) in [6.07, 6.45) is 0. The van der Waals surface area contributed by atoms with Crippen LogP contribution in [0.5, 0.6) is 0 Å². The Morgan fingerprint density at radius 3 is 2.32 bits per heavy atom. The van der Waals surface area contributed by atoms with Crippen LogP contribution in [0.25, 0.3) is 0 Å². The first-order valence-corrected chi connectivity index (χ1v) is 7.40. The topological polar surface area (TPSA) is 79.2 Å². The molecule has 0 heterocycles. The number of benzene rings is 1. The summed E-state index contributed by atoms with van der Waals surface area (Å²) in [6, 6.07) is 7.47. The molecule has 1 atom stereocenters. The highest BCUT2D eigenvalue weighted by molar-refractivity contribution is 7.89. The predicted molar refractivity (Wildman–Crippen MR) is 72.0 cm³/mol. The van der Waals surface area contributed by atoms with Gasteiger partial charge in [-0.15, -0.1) is 0 Å². The van der Waals surface area contributed by atoms with Gasteiger partial charge in [0.25, 0.3) is 0 Å². The van der Waals surface area contributed by atoms with Crippen LogP contribution >= 0.6 is 0 Å². The fourth-order valence-electron chi connectivity index (χ4n) is 1.52. The third-order valence-corrected chi connectivity index (χ3v) is 4.26. The van der Waals surface area contributed by atoms with Crippen molar-refractivity contribution in [1.29, 1.82) is 5.26 Å². The van der Waals surface area contributed by atoms with E-state index in [-0.39, 0.29) is 16.9 Å². The molecule has 6 heteroatoms. The summed E-state index contributed by atoms with van der Waals surface area (Å²) in [7, 11) is -2.06. The summed E-state index contributed by atoms with van der Waals surface area (Å²) < 4.78 is 32.0. The van der Waals surface area contributed by atoms with E-state index in [0.29, 0.717) is 12.2 Å².